The fraction of sp³-hybridized carbons (Fsp3) is 0.462. The lowest BCUT2D eigenvalue weighted by molar-refractivity contribution is -0.146. The number of hydrogen-bond donors (Lipinski definition) is 1. The molecule has 0 bridgehead atoms. The molecule has 8 heteroatoms. The summed E-state index contributed by atoms with van der Waals surface area (Å²) in [5, 5.41) is 2.95. The van der Waals surface area contributed by atoms with Crippen LogP contribution >= 0.6 is 0 Å². The summed E-state index contributed by atoms with van der Waals surface area (Å²) < 4.78 is 6.25. The Kier molecular flexibility index (Phi) is 6.97. The summed E-state index contributed by atoms with van der Waals surface area (Å²) in [5.41, 5.74) is 1.42. The second kappa shape index (κ2) is 9.93. The molecule has 34 heavy (non-hydrogen) atoms. The molecule has 0 radical (unpaired) electrons. The van der Waals surface area contributed by atoms with Crippen LogP contribution in [0, 0.1) is 12.8 Å². The van der Waals surface area contributed by atoms with Gasteiger partial charge in [0.1, 0.15) is 11.8 Å². The second-order valence-corrected chi connectivity index (χ2v) is 9.32. The van der Waals surface area contributed by atoms with Crippen molar-refractivity contribution in [3.05, 3.63) is 65.5 Å². The zero-order valence-electron chi connectivity index (χ0n) is 20.0. The summed E-state index contributed by atoms with van der Waals surface area (Å²) >= 11 is 0. The molecule has 1 N–H and O–H groups in total. The largest absolute Gasteiger partial charge is 0.353 e. The van der Waals surface area contributed by atoms with Crippen molar-refractivity contribution in [2.75, 3.05) is 19.7 Å². The number of hydrogen-bond acceptors (Lipinski definition) is 5. The molecule has 2 aromatic rings. The summed E-state index contributed by atoms with van der Waals surface area (Å²) in [6, 6.07) is 10.3. The Morgan fingerprint density at radius 2 is 1.79 bits per heavy atom. The van der Waals surface area contributed by atoms with Gasteiger partial charge in [-0.15, -0.1) is 0 Å². The Morgan fingerprint density at radius 1 is 1.12 bits per heavy atom. The molecule has 2 aliphatic rings. The van der Waals surface area contributed by atoms with Crippen LogP contribution < -0.4 is 5.32 Å². The molecule has 1 spiro atoms. The van der Waals surface area contributed by atoms with E-state index in [1.807, 2.05) is 56.0 Å². The molecule has 1 aromatic carbocycles. The van der Waals surface area contributed by atoms with Crippen LogP contribution in [-0.2, 0) is 20.9 Å². The fourth-order valence-electron chi connectivity index (χ4n) is 4.76. The van der Waals surface area contributed by atoms with Gasteiger partial charge in [0, 0.05) is 56.4 Å². The van der Waals surface area contributed by atoms with Gasteiger partial charge in [-0.3, -0.25) is 24.3 Å². The van der Waals surface area contributed by atoms with Crippen LogP contribution in [0.4, 0.5) is 0 Å². The van der Waals surface area contributed by atoms with Crippen molar-refractivity contribution in [3.63, 3.8) is 0 Å². The highest BCUT2D eigenvalue weighted by atomic mass is 16.5. The van der Waals surface area contributed by atoms with Crippen LogP contribution in [0.3, 0.4) is 0 Å². The van der Waals surface area contributed by atoms with Crippen molar-refractivity contribution < 1.29 is 19.1 Å². The third-order valence-corrected chi connectivity index (χ3v) is 6.72. The number of aromatic nitrogens is 1. The second-order valence-electron chi connectivity index (χ2n) is 9.32. The Morgan fingerprint density at radius 3 is 2.44 bits per heavy atom. The van der Waals surface area contributed by atoms with E-state index in [0.29, 0.717) is 38.0 Å². The van der Waals surface area contributed by atoms with Crippen LogP contribution in [0.25, 0.3) is 0 Å². The predicted octanol–water partition coefficient (Wildman–Crippen LogP) is 2.52. The number of amides is 3. The van der Waals surface area contributed by atoms with Gasteiger partial charge in [0.05, 0.1) is 6.61 Å². The highest BCUT2D eigenvalue weighted by Gasteiger charge is 2.54. The van der Waals surface area contributed by atoms with E-state index in [9.17, 15) is 14.4 Å². The number of nitrogens with one attached hydrogen (secondary N) is 1. The van der Waals surface area contributed by atoms with E-state index in [1.54, 1.807) is 23.4 Å². The lowest BCUT2D eigenvalue weighted by atomic mass is 9.95. The highest BCUT2D eigenvalue weighted by molar-refractivity contribution is 5.99. The number of pyridine rings is 1. The zero-order valence-corrected chi connectivity index (χ0v) is 20.0. The molecular weight excluding hydrogens is 432 g/mol. The molecule has 1 unspecified atom stereocenters. The number of carbonyl (C=O) groups excluding carboxylic acids is 3. The Balaban J connectivity index is 1.58. The quantitative estimate of drug-likeness (QED) is 0.734. The fourth-order valence-corrected chi connectivity index (χ4v) is 4.76. The number of likely N-dealkylation sites (tertiary alicyclic amines) is 1. The highest BCUT2D eigenvalue weighted by Crippen LogP contribution is 2.39. The number of carbonyl (C=O) groups is 3. The first-order chi connectivity index (χ1) is 16.3. The van der Waals surface area contributed by atoms with Crippen molar-refractivity contribution in [2.24, 2.45) is 5.92 Å². The van der Waals surface area contributed by atoms with Crippen LogP contribution in [0.5, 0.6) is 0 Å². The van der Waals surface area contributed by atoms with Gasteiger partial charge in [0.15, 0.2) is 0 Å². The molecular formula is C26H32N4O4. The van der Waals surface area contributed by atoms with Crippen LogP contribution in [0.2, 0.25) is 0 Å². The van der Waals surface area contributed by atoms with E-state index >= 15 is 0 Å². The SMILES string of the molecule is Cc1ccccc1C(=O)N1C(C(=O)NCc2ccncc2)COC12CCN(C(=O)C(C)C)CC2. The molecule has 3 heterocycles. The van der Waals surface area contributed by atoms with Gasteiger partial charge in [-0.1, -0.05) is 32.0 Å². The summed E-state index contributed by atoms with van der Waals surface area (Å²) in [5.74, 6) is -0.467. The maximum atomic E-state index is 13.8. The van der Waals surface area contributed by atoms with Gasteiger partial charge >= 0.3 is 0 Å². The first-order valence-electron chi connectivity index (χ1n) is 11.8. The summed E-state index contributed by atoms with van der Waals surface area (Å²) in [7, 11) is 0. The summed E-state index contributed by atoms with van der Waals surface area (Å²) in [6.07, 6.45) is 4.29. The van der Waals surface area contributed by atoms with E-state index in [2.05, 4.69) is 10.3 Å². The van der Waals surface area contributed by atoms with Crippen molar-refractivity contribution in [3.8, 4) is 0 Å². The van der Waals surface area contributed by atoms with E-state index in [-0.39, 0.29) is 30.2 Å². The average Bonchev–Trinajstić information content (AvgIpc) is 3.21. The Labute approximate surface area is 200 Å². The smallest absolute Gasteiger partial charge is 0.257 e. The average molecular weight is 465 g/mol. The first-order valence-corrected chi connectivity index (χ1v) is 11.8. The van der Waals surface area contributed by atoms with Gasteiger partial charge in [0.2, 0.25) is 11.8 Å². The normalized spacial score (nSPS) is 19.5. The van der Waals surface area contributed by atoms with Gasteiger partial charge in [-0.25, -0.2) is 0 Å². The molecule has 1 aromatic heterocycles. The van der Waals surface area contributed by atoms with Crippen LogP contribution in [0.15, 0.2) is 48.8 Å². The standard InChI is InChI=1S/C26H32N4O4/c1-18(2)24(32)29-14-10-26(11-15-29)30(25(33)21-7-5-4-6-19(21)3)22(17-34-26)23(31)28-16-20-8-12-27-13-9-20/h4-9,12-13,18,22H,10-11,14-17H2,1-3H3,(H,28,31). The van der Waals surface area contributed by atoms with Gasteiger partial charge in [-0.05, 0) is 36.2 Å². The topological polar surface area (TPSA) is 91.8 Å². The maximum absolute atomic E-state index is 13.8. The van der Waals surface area contributed by atoms with E-state index in [4.69, 9.17) is 4.74 Å². The van der Waals surface area contributed by atoms with Crippen molar-refractivity contribution in [1.82, 2.24) is 20.1 Å². The number of ether oxygens (including phenoxy) is 1. The van der Waals surface area contributed by atoms with E-state index < -0.39 is 11.8 Å². The summed E-state index contributed by atoms with van der Waals surface area (Å²) in [6.45, 7) is 7.09. The number of rotatable bonds is 5. The van der Waals surface area contributed by atoms with Gasteiger partial charge in [-0.2, -0.15) is 0 Å². The molecule has 8 nitrogen and oxygen atoms in total. The lowest BCUT2D eigenvalue weighted by Gasteiger charge is -2.45. The zero-order chi connectivity index (χ0) is 24.3. The number of nitrogens with zero attached hydrogens (tertiary/aromatic N) is 3. The molecule has 4 rings (SSSR count). The molecule has 3 amide bonds. The Bertz CT molecular complexity index is 1050. The maximum Gasteiger partial charge on any atom is 0.257 e. The van der Waals surface area contributed by atoms with Gasteiger partial charge in [0.25, 0.3) is 5.91 Å². The minimum atomic E-state index is -0.911. The number of benzene rings is 1. The molecule has 1 atom stereocenters. The van der Waals surface area contributed by atoms with Gasteiger partial charge < -0.3 is 15.0 Å². The molecule has 0 aliphatic carbocycles. The van der Waals surface area contributed by atoms with Crippen molar-refractivity contribution in [1.29, 1.82) is 0 Å². The van der Waals surface area contributed by atoms with Crippen LogP contribution in [0.1, 0.15) is 48.2 Å². The third-order valence-electron chi connectivity index (χ3n) is 6.72. The van der Waals surface area contributed by atoms with Crippen molar-refractivity contribution in [2.45, 2.75) is 51.9 Å². The third kappa shape index (κ3) is 4.68. The number of piperidine rings is 1. The monoisotopic (exact) mass is 464 g/mol. The number of aryl methyl sites for hydroxylation is 1. The summed E-state index contributed by atoms with van der Waals surface area (Å²) in [4.78, 5) is 47.1. The Hall–Kier alpha value is -3.26. The molecule has 2 aliphatic heterocycles. The molecule has 2 saturated heterocycles. The molecule has 180 valence electrons. The first kappa shape index (κ1) is 23.9. The van der Waals surface area contributed by atoms with Crippen LogP contribution in [-0.4, -0.2) is 64.0 Å². The van der Waals surface area contributed by atoms with E-state index in [1.165, 1.54) is 0 Å². The predicted molar refractivity (Wildman–Crippen MR) is 127 cm³/mol. The minimum Gasteiger partial charge on any atom is -0.353 e. The van der Waals surface area contributed by atoms with E-state index in [0.717, 1.165) is 11.1 Å². The minimum absolute atomic E-state index is 0.0880. The molecule has 2 fully saturated rings. The molecule has 0 saturated carbocycles. The van der Waals surface area contributed by atoms with Crippen molar-refractivity contribution >= 4 is 17.7 Å². The lowest BCUT2D eigenvalue weighted by Crippen LogP contribution is -2.60.